The average molecular weight is 353 g/mol. The number of hydrogen-bond donors (Lipinski definition) is 1. The summed E-state index contributed by atoms with van der Waals surface area (Å²) in [5.41, 5.74) is 0.461. The first-order valence-electron chi connectivity index (χ1n) is 10.1. The highest BCUT2D eigenvalue weighted by Gasteiger charge is 2.62. The van der Waals surface area contributed by atoms with Gasteiger partial charge in [0, 0.05) is 44.6 Å². The first-order valence-corrected chi connectivity index (χ1v) is 10.1. The molecule has 2 bridgehead atoms. The maximum absolute atomic E-state index is 12.3. The summed E-state index contributed by atoms with van der Waals surface area (Å²) >= 11 is 0. The number of carbonyl (C=O) groups excluding carboxylic acids is 1. The van der Waals surface area contributed by atoms with Gasteiger partial charge in [0.15, 0.2) is 0 Å². The lowest BCUT2D eigenvalue weighted by molar-refractivity contribution is -0.157. The van der Waals surface area contributed by atoms with E-state index in [1.165, 1.54) is 12.8 Å². The highest BCUT2D eigenvalue weighted by atomic mass is 16.5. The van der Waals surface area contributed by atoms with Crippen LogP contribution in [0.5, 0.6) is 0 Å². The van der Waals surface area contributed by atoms with E-state index in [4.69, 9.17) is 9.84 Å². The van der Waals surface area contributed by atoms with Crippen molar-refractivity contribution in [1.29, 1.82) is 0 Å². The van der Waals surface area contributed by atoms with Crippen LogP contribution in [0.2, 0.25) is 0 Å². The summed E-state index contributed by atoms with van der Waals surface area (Å²) in [6, 6.07) is 0. The van der Waals surface area contributed by atoms with E-state index < -0.39 is 0 Å². The number of hydrogen-bond acceptors (Lipinski definition) is 5. The van der Waals surface area contributed by atoms with Crippen molar-refractivity contribution in [2.75, 3.05) is 45.9 Å². The lowest BCUT2D eigenvalue weighted by Crippen LogP contribution is -2.47. The van der Waals surface area contributed by atoms with Gasteiger partial charge in [-0.1, -0.05) is 20.8 Å². The minimum atomic E-state index is -0.00603. The van der Waals surface area contributed by atoms with E-state index in [2.05, 4.69) is 30.6 Å². The zero-order chi connectivity index (χ0) is 18.1. The maximum atomic E-state index is 12.3. The first kappa shape index (κ1) is 19.1. The fourth-order valence-electron chi connectivity index (χ4n) is 5.35. The maximum Gasteiger partial charge on any atom is 0.306 e. The Kier molecular flexibility index (Phi) is 5.76. The Morgan fingerprint density at radius 1 is 1.12 bits per heavy atom. The van der Waals surface area contributed by atoms with E-state index in [0.29, 0.717) is 17.8 Å². The topological polar surface area (TPSA) is 53.0 Å². The van der Waals surface area contributed by atoms with Crippen LogP contribution in [0.15, 0.2) is 0 Å². The van der Waals surface area contributed by atoms with Gasteiger partial charge < -0.3 is 14.7 Å². The van der Waals surface area contributed by atoms with Gasteiger partial charge in [0.1, 0.15) is 6.10 Å². The summed E-state index contributed by atoms with van der Waals surface area (Å²) in [6.45, 7) is 13.1. The molecule has 144 valence electrons. The third-order valence-corrected chi connectivity index (χ3v) is 7.72. The molecule has 25 heavy (non-hydrogen) atoms. The lowest BCUT2D eigenvalue weighted by Gasteiger charge is -2.38. The van der Waals surface area contributed by atoms with Crippen LogP contribution in [0.25, 0.3) is 0 Å². The van der Waals surface area contributed by atoms with Gasteiger partial charge in [-0.15, -0.1) is 0 Å². The minimum Gasteiger partial charge on any atom is -0.462 e. The van der Waals surface area contributed by atoms with Gasteiger partial charge in [-0.2, -0.15) is 0 Å². The van der Waals surface area contributed by atoms with Crippen molar-refractivity contribution in [2.24, 2.45) is 16.7 Å². The molecule has 5 heteroatoms. The Balaban J connectivity index is 1.36. The van der Waals surface area contributed by atoms with E-state index in [0.717, 1.165) is 52.1 Å². The number of aliphatic hydroxyl groups is 1. The van der Waals surface area contributed by atoms with Gasteiger partial charge >= 0.3 is 5.97 Å². The van der Waals surface area contributed by atoms with Gasteiger partial charge in [-0.3, -0.25) is 9.69 Å². The molecule has 0 aromatic heterocycles. The highest BCUT2D eigenvalue weighted by molar-refractivity contribution is 5.69. The van der Waals surface area contributed by atoms with Crippen molar-refractivity contribution in [3.05, 3.63) is 0 Å². The third kappa shape index (κ3) is 3.74. The van der Waals surface area contributed by atoms with Gasteiger partial charge in [-0.25, -0.2) is 0 Å². The number of carbonyl (C=O) groups is 1. The van der Waals surface area contributed by atoms with E-state index in [1.54, 1.807) is 0 Å². The minimum absolute atomic E-state index is 0.00603. The van der Waals surface area contributed by atoms with Crippen LogP contribution in [0.1, 0.15) is 52.9 Å². The fraction of sp³-hybridized carbons (Fsp3) is 0.950. The summed E-state index contributed by atoms with van der Waals surface area (Å²) < 4.78 is 5.93. The summed E-state index contributed by atoms with van der Waals surface area (Å²) in [6.07, 6.45) is 5.09. The Labute approximate surface area is 152 Å². The molecule has 0 spiro atoms. The molecule has 3 atom stereocenters. The van der Waals surface area contributed by atoms with Gasteiger partial charge in [0.2, 0.25) is 0 Å². The van der Waals surface area contributed by atoms with Crippen LogP contribution in [0, 0.1) is 16.7 Å². The Bertz CT molecular complexity index is 474. The Morgan fingerprint density at radius 3 is 2.28 bits per heavy atom. The molecular formula is C20H36N2O3. The quantitative estimate of drug-likeness (QED) is 0.712. The summed E-state index contributed by atoms with van der Waals surface area (Å²) in [4.78, 5) is 17.0. The van der Waals surface area contributed by atoms with Crippen LogP contribution in [-0.4, -0.2) is 72.9 Å². The molecule has 1 aliphatic heterocycles. The molecule has 0 amide bonds. The summed E-state index contributed by atoms with van der Waals surface area (Å²) in [7, 11) is 0. The number of aliphatic hydroxyl groups excluding tert-OH is 1. The SMILES string of the molecule is CC1(C)[C@H]2CC[C@]1(C)[C@H](OC(=O)CCCN1CCN(CCO)CC1)C2. The normalized spacial score (nSPS) is 35.2. The largest absolute Gasteiger partial charge is 0.462 e. The molecule has 0 aromatic carbocycles. The van der Waals surface area contributed by atoms with Crippen molar-refractivity contribution >= 4 is 5.97 Å². The van der Waals surface area contributed by atoms with E-state index in [-0.39, 0.29) is 24.1 Å². The Hall–Kier alpha value is -0.650. The van der Waals surface area contributed by atoms with Crippen molar-refractivity contribution < 1.29 is 14.6 Å². The molecule has 3 aliphatic rings. The van der Waals surface area contributed by atoms with Crippen molar-refractivity contribution in [3.8, 4) is 0 Å². The van der Waals surface area contributed by atoms with Crippen molar-refractivity contribution in [3.63, 3.8) is 0 Å². The molecule has 3 fully saturated rings. The second-order valence-corrected chi connectivity index (χ2v) is 9.10. The number of rotatable bonds is 7. The van der Waals surface area contributed by atoms with Gasteiger partial charge in [-0.05, 0) is 43.6 Å². The summed E-state index contributed by atoms with van der Waals surface area (Å²) in [5.74, 6) is 0.707. The van der Waals surface area contributed by atoms with E-state index in [1.807, 2.05) is 0 Å². The van der Waals surface area contributed by atoms with Crippen LogP contribution in [-0.2, 0) is 9.53 Å². The molecule has 2 aliphatic carbocycles. The second-order valence-electron chi connectivity index (χ2n) is 9.10. The fourth-order valence-corrected chi connectivity index (χ4v) is 5.35. The van der Waals surface area contributed by atoms with Crippen LogP contribution in [0.3, 0.4) is 0 Å². The van der Waals surface area contributed by atoms with Crippen LogP contribution in [0.4, 0.5) is 0 Å². The molecule has 3 rings (SSSR count). The zero-order valence-electron chi connectivity index (χ0n) is 16.3. The predicted molar refractivity (Wildman–Crippen MR) is 98.3 cm³/mol. The third-order valence-electron chi connectivity index (χ3n) is 7.72. The molecule has 0 radical (unpaired) electrons. The predicted octanol–water partition coefficient (Wildman–Crippen LogP) is 2.13. The molecule has 5 nitrogen and oxygen atoms in total. The van der Waals surface area contributed by atoms with Crippen LogP contribution >= 0.6 is 0 Å². The summed E-state index contributed by atoms with van der Waals surface area (Å²) in [5, 5.41) is 8.99. The zero-order valence-corrected chi connectivity index (χ0v) is 16.3. The molecule has 0 aromatic rings. The van der Waals surface area contributed by atoms with Gasteiger partial charge in [0.25, 0.3) is 0 Å². The molecule has 1 heterocycles. The second kappa shape index (κ2) is 7.53. The molecule has 0 unspecified atom stereocenters. The van der Waals surface area contributed by atoms with E-state index >= 15 is 0 Å². The smallest absolute Gasteiger partial charge is 0.306 e. The van der Waals surface area contributed by atoms with E-state index in [9.17, 15) is 4.79 Å². The van der Waals surface area contributed by atoms with Crippen molar-refractivity contribution in [2.45, 2.75) is 59.0 Å². The monoisotopic (exact) mass is 352 g/mol. The number of esters is 1. The average Bonchev–Trinajstić information content (AvgIpc) is 2.90. The standard InChI is InChI=1S/C20H36N2O3/c1-19(2)16-6-7-20(19,3)17(15-16)25-18(24)5-4-8-21-9-11-22(12-10-21)13-14-23/h16-17,23H,4-15H2,1-3H3/t16-,17+,20+/m0/s1. The molecule has 1 saturated heterocycles. The number of fused-ring (bicyclic) bond motifs is 2. The first-order chi connectivity index (χ1) is 11.9. The molecule has 2 saturated carbocycles. The number of nitrogens with zero attached hydrogens (tertiary/aromatic N) is 2. The lowest BCUT2D eigenvalue weighted by atomic mass is 9.70. The van der Waals surface area contributed by atoms with Crippen molar-refractivity contribution in [1.82, 2.24) is 9.80 Å². The Morgan fingerprint density at radius 2 is 1.76 bits per heavy atom. The van der Waals surface area contributed by atoms with Gasteiger partial charge in [0.05, 0.1) is 6.61 Å². The number of ether oxygens (including phenoxy) is 1. The number of piperazine rings is 1. The molecule has 1 N–H and O–H groups in total. The highest BCUT2D eigenvalue weighted by Crippen LogP contribution is 2.66. The number of β-amino-alcohol motifs (C(OH)–C–C–N with tert-alkyl or cyclic N) is 1. The molecular weight excluding hydrogens is 316 g/mol. The van der Waals surface area contributed by atoms with Crippen LogP contribution < -0.4 is 0 Å².